The van der Waals surface area contributed by atoms with Gasteiger partial charge >= 0.3 is 0 Å². The third kappa shape index (κ3) is 4.05. The van der Waals surface area contributed by atoms with Crippen molar-refractivity contribution in [1.29, 1.82) is 0 Å². The summed E-state index contributed by atoms with van der Waals surface area (Å²) in [4.78, 5) is 22.5. The van der Waals surface area contributed by atoms with Gasteiger partial charge < -0.3 is 4.74 Å². The Balaban J connectivity index is 1.68. The number of amides is 1. The van der Waals surface area contributed by atoms with Crippen molar-refractivity contribution in [2.24, 2.45) is 7.05 Å². The maximum atomic E-state index is 13.5. The van der Waals surface area contributed by atoms with E-state index in [-0.39, 0.29) is 5.91 Å². The van der Waals surface area contributed by atoms with E-state index >= 15 is 0 Å². The van der Waals surface area contributed by atoms with E-state index in [0.29, 0.717) is 12.2 Å². The van der Waals surface area contributed by atoms with Crippen LogP contribution < -0.4 is 4.90 Å². The second-order valence-corrected chi connectivity index (χ2v) is 8.62. The number of nitrogens with zero attached hydrogens (tertiary/aromatic N) is 5. The second kappa shape index (κ2) is 8.22. The molecule has 1 aliphatic heterocycles. The molecule has 0 atom stereocenters. The summed E-state index contributed by atoms with van der Waals surface area (Å²) in [7, 11) is 1.81. The first kappa shape index (κ1) is 20.0. The molecule has 8 heteroatoms. The molecule has 4 rings (SSSR count). The van der Waals surface area contributed by atoms with Gasteiger partial charge in [0, 0.05) is 33.2 Å². The highest BCUT2D eigenvalue weighted by atomic mass is 32.1. The van der Waals surface area contributed by atoms with Crippen LogP contribution in [0.5, 0.6) is 0 Å². The normalized spacial score (nSPS) is 15.2. The lowest BCUT2D eigenvalue weighted by Gasteiger charge is -2.29. The number of carbonyl (C=O) groups excluding carboxylic acids is 1. The van der Waals surface area contributed by atoms with Crippen molar-refractivity contribution in [3.05, 3.63) is 40.7 Å². The number of hydrogen-bond donors (Lipinski definition) is 0. The van der Waals surface area contributed by atoms with Crippen LogP contribution in [0.3, 0.4) is 0 Å². The number of anilines is 1. The molecule has 154 valence electrons. The Labute approximate surface area is 174 Å². The molecule has 0 spiro atoms. The molecular formula is C21H27N5O2S. The molecule has 0 bridgehead atoms. The number of ether oxygens (including phenoxy) is 1. The molecule has 1 aromatic carbocycles. The number of fused-ring (bicyclic) bond motifs is 1. The van der Waals surface area contributed by atoms with Gasteiger partial charge in [-0.05, 0) is 49.6 Å². The summed E-state index contributed by atoms with van der Waals surface area (Å²) in [6.07, 6.45) is 1.73. The molecule has 1 amide bonds. The Morgan fingerprint density at radius 3 is 2.59 bits per heavy atom. The van der Waals surface area contributed by atoms with Crippen LogP contribution >= 0.6 is 11.3 Å². The molecule has 7 nitrogen and oxygen atoms in total. The van der Waals surface area contributed by atoms with Gasteiger partial charge in [-0.25, -0.2) is 4.98 Å². The average molecular weight is 414 g/mol. The SMILES string of the molecule is Cc1cc2nc(N(CCN3CCOCC3)C(=O)c3c(C)cnn3C)sc2cc1C. The zero-order valence-electron chi connectivity index (χ0n) is 17.4. The van der Waals surface area contributed by atoms with Crippen LogP contribution in [-0.4, -0.2) is 65.0 Å². The average Bonchev–Trinajstić information content (AvgIpc) is 3.25. The summed E-state index contributed by atoms with van der Waals surface area (Å²) in [5.74, 6) is -0.0525. The fourth-order valence-corrected chi connectivity index (χ4v) is 4.69. The molecule has 1 fully saturated rings. The predicted octanol–water partition coefficient (Wildman–Crippen LogP) is 2.93. The van der Waals surface area contributed by atoms with Crippen molar-refractivity contribution < 1.29 is 9.53 Å². The van der Waals surface area contributed by atoms with Crippen LogP contribution in [0.1, 0.15) is 27.2 Å². The summed E-state index contributed by atoms with van der Waals surface area (Å²) in [6, 6.07) is 4.26. The highest BCUT2D eigenvalue weighted by Crippen LogP contribution is 2.31. The quantitative estimate of drug-likeness (QED) is 0.644. The lowest BCUT2D eigenvalue weighted by molar-refractivity contribution is 0.0391. The Kier molecular flexibility index (Phi) is 5.67. The molecule has 0 saturated carbocycles. The Morgan fingerprint density at radius 1 is 1.17 bits per heavy atom. The summed E-state index contributed by atoms with van der Waals surface area (Å²) in [5, 5.41) is 4.99. The summed E-state index contributed by atoms with van der Waals surface area (Å²) < 4.78 is 8.21. The number of morpholine rings is 1. The van der Waals surface area contributed by atoms with E-state index in [1.807, 2.05) is 18.9 Å². The monoisotopic (exact) mass is 413 g/mol. The van der Waals surface area contributed by atoms with Crippen LogP contribution in [0.25, 0.3) is 10.2 Å². The zero-order chi connectivity index (χ0) is 20.5. The van der Waals surface area contributed by atoms with Gasteiger partial charge in [-0.3, -0.25) is 19.3 Å². The van der Waals surface area contributed by atoms with Crippen LogP contribution in [0.2, 0.25) is 0 Å². The summed E-state index contributed by atoms with van der Waals surface area (Å²) in [6.45, 7) is 10.8. The Morgan fingerprint density at radius 2 is 1.90 bits per heavy atom. The molecule has 3 heterocycles. The second-order valence-electron chi connectivity index (χ2n) is 7.61. The molecule has 0 aliphatic carbocycles. The molecule has 0 unspecified atom stereocenters. The van der Waals surface area contributed by atoms with Crippen molar-refractivity contribution in [2.45, 2.75) is 20.8 Å². The lowest BCUT2D eigenvalue weighted by atomic mass is 10.1. The zero-order valence-corrected chi connectivity index (χ0v) is 18.3. The standard InChI is InChI=1S/C21H27N5O2S/c1-14-11-17-18(12-15(14)2)29-21(23-17)26(6-5-25-7-9-28-10-8-25)20(27)19-16(3)13-22-24(19)4/h11-13H,5-10H2,1-4H3. The Hall–Kier alpha value is -2.29. The van der Waals surface area contributed by atoms with E-state index in [1.54, 1.807) is 22.2 Å². The third-order valence-electron chi connectivity index (χ3n) is 5.54. The minimum atomic E-state index is -0.0525. The number of rotatable bonds is 5. The van der Waals surface area contributed by atoms with Gasteiger partial charge in [-0.1, -0.05) is 11.3 Å². The number of hydrogen-bond acceptors (Lipinski definition) is 6. The highest BCUT2D eigenvalue weighted by molar-refractivity contribution is 7.22. The van der Waals surface area contributed by atoms with Crippen molar-refractivity contribution in [1.82, 2.24) is 19.7 Å². The van der Waals surface area contributed by atoms with E-state index in [1.165, 1.54) is 11.1 Å². The van der Waals surface area contributed by atoms with Gasteiger partial charge in [-0.2, -0.15) is 5.10 Å². The topological polar surface area (TPSA) is 63.5 Å². The van der Waals surface area contributed by atoms with Crippen molar-refractivity contribution in [3.8, 4) is 0 Å². The van der Waals surface area contributed by atoms with E-state index in [9.17, 15) is 4.79 Å². The van der Waals surface area contributed by atoms with Crippen molar-refractivity contribution in [2.75, 3.05) is 44.3 Å². The molecule has 29 heavy (non-hydrogen) atoms. The Bertz CT molecular complexity index is 977. The minimum absolute atomic E-state index is 0.0525. The maximum Gasteiger partial charge on any atom is 0.278 e. The predicted molar refractivity (Wildman–Crippen MR) is 116 cm³/mol. The van der Waals surface area contributed by atoms with Crippen molar-refractivity contribution >= 4 is 32.6 Å². The highest BCUT2D eigenvalue weighted by Gasteiger charge is 2.26. The van der Waals surface area contributed by atoms with Gasteiger partial charge in [0.2, 0.25) is 0 Å². The van der Waals surface area contributed by atoms with Crippen molar-refractivity contribution in [3.63, 3.8) is 0 Å². The van der Waals surface area contributed by atoms with Crippen LogP contribution in [0.15, 0.2) is 18.3 Å². The molecule has 0 radical (unpaired) electrons. The molecule has 2 aromatic heterocycles. The van der Waals surface area contributed by atoms with E-state index in [0.717, 1.165) is 53.8 Å². The minimum Gasteiger partial charge on any atom is -0.379 e. The first-order valence-corrected chi connectivity index (χ1v) is 10.7. The van der Waals surface area contributed by atoms with E-state index in [4.69, 9.17) is 9.72 Å². The molecular weight excluding hydrogens is 386 g/mol. The van der Waals surface area contributed by atoms with Gasteiger partial charge in [0.1, 0.15) is 5.69 Å². The van der Waals surface area contributed by atoms with Crippen LogP contribution in [-0.2, 0) is 11.8 Å². The van der Waals surface area contributed by atoms with Gasteiger partial charge in [0.15, 0.2) is 5.13 Å². The smallest absolute Gasteiger partial charge is 0.278 e. The largest absolute Gasteiger partial charge is 0.379 e. The maximum absolute atomic E-state index is 13.5. The number of carbonyl (C=O) groups is 1. The number of aromatic nitrogens is 3. The first-order valence-electron chi connectivity index (χ1n) is 9.92. The van der Waals surface area contributed by atoms with E-state index in [2.05, 4.69) is 36.0 Å². The summed E-state index contributed by atoms with van der Waals surface area (Å²) in [5.41, 5.74) is 4.88. The molecule has 1 aliphatic rings. The van der Waals surface area contributed by atoms with E-state index < -0.39 is 0 Å². The molecule has 1 saturated heterocycles. The summed E-state index contributed by atoms with van der Waals surface area (Å²) >= 11 is 1.57. The van der Waals surface area contributed by atoms with Crippen LogP contribution in [0, 0.1) is 20.8 Å². The third-order valence-corrected chi connectivity index (χ3v) is 6.58. The van der Waals surface area contributed by atoms with Crippen LogP contribution in [0.4, 0.5) is 5.13 Å². The number of benzene rings is 1. The van der Waals surface area contributed by atoms with Gasteiger partial charge in [0.25, 0.3) is 5.91 Å². The number of thiazole rings is 1. The van der Waals surface area contributed by atoms with Gasteiger partial charge in [0.05, 0.1) is 29.6 Å². The fraction of sp³-hybridized carbons (Fsp3) is 0.476. The fourth-order valence-electron chi connectivity index (χ4n) is 3.62. The molecule has 0 N–H and O–H groups in total. The number of aryl methyl sites for hydroxylation is 4. The molecule has 3 aromatic rings. The van der Waals surface area contributed by atoms with Gasteiger partial charge in [-0.15, -0.1) is 0 Å². The lowest BCUT2D eigenvalue weighted by Crippen LogP contribution is -2.43. The first-order chi connectivity index (χ1) is 13.9.